The zero-order valence-electron chi connectivity index (χ0n) is 15.3. The summed E-state index contributed by atoms with van der Waals surface area (Å²) in [6.07, 6.45) is 3.60. The molecule has 1 aromatic heterocycles. The van der Waals surface area contributed by atoms with Gasteiger partial charge in [0.05, 0.1) is 14.2 Å². The molecule has 2 atom stereocenters. The number of benzene rings is 1. The molecule has 0 bridgehead atoms. The van der Waals surface area contributed by atoms with Crippen LogP contribution < -0.4 is 14.4 Å². The highest BCUT2D eigenvalue weighted by atomic mass is 16.5. The average molecular weight is 342 g/mol. The minimum Gasteiger partial charge on any atom is -0.493 e. The van der Waals surface area contributed by atoms with Crippen LogP contribution in [0.4, 0.5) is 5.95 Å². The zero-order valence-corrected chi connectivity index (χ0v) is 15.3. The fourth-order valence-corrected chi connectivity index (χ4v) is 3.48. The van der Waals surface area contributed by atoms with E-state index in [1.165, 1.54) is 5.56 Å². The van der Waals surface area contributed by atoms with Gasteiger partial charge in [-0.15, -0.1) is 0 Å². The number of hydrogen-bond donors (Lipinski definition) is 0. The number of methoxy groups -OCH3 is 2. The van der Waals surface area contributed by atoms with Crippen molar-refractivity contribution in [2.45, 2.75) is 32.5 Å². The highest BCUT2D eigenvalue weighted by molar-refractivity contribution is 5.43. The van der Waals surface area contributed by atoms with Gasteiger partial charge in [0.2, 0.25) is 5.95 Å². The fourth-order valence-electron chi connectivity index (χ4n) is 3.48. The fraction of sp³-hybridized carbons (Fsp3) is 0.474. The summed E-state index contributed by atoms with van der Waals surface area (Å²) in [5.74, 6) is 2.35. The predicted molar refractivity (Wildman–Crippen MR) is 98.3 cm³/mol. The van der Waals surface area contributed by atoms with Crippen LogP contribution in [-0.2, 0) is 6.54 Å². The van der Waals surface area contributed by atoms with Crippen LogP contribution in [0.5, 0.6) is 11.5 Å². The molecular formula is C19H26N4O2. The van der Waals surface area contributed by atoms with Gasteiger partial charge in [-0.1, -0.05) is 6.07 Å². The maximum Gasteiger partial charge on any atom is 0.225 e. The topological polar surface area (TPSA) is 50.7 Å². The molecular weight excluding hydrogens is 316 g/mol. The normalized spacial score (nSPS) is 21.2. The lowest BCUT2D eigenvalue weighted by Crippen LogP contribution is -2.56. The molecule has 0 amide bonds. The highest BCUT2D eigenvalue weighted by Gasteiger charge is 2.30. The van der Waals surface area contributed by atoms with Crippen LogP contribution in [0.25, 0.3) is 0 Å². The molecule has 3 rings (SSSR count). The first kappa shape index (κ1) is 17.5. The van der Waals surface area contributed by atoms with Crippen molar-refractivity contribution in [1.29, 1.82) is 0 Å². The van der Waals surface area contributed by atoms with Crippen LogP contribution in [0.3, 0.4) is 0 Å². The Morgan fingerprint density at radius 1 is 1.00 bits per heavy atom. The third kappa shape index (κ3) is 3.85. The summed E-state index contributed by atoms with van der Waals surface area (Å²) in [5, 5.41) is 0. The minimum absolute atomic E-state index is 0.403. The van der Waals surface area contributed by atoms with Crippen LogP contribution in [-0.4, -0.2) is 54.3 Å². The van der Waals surface area contributed by atoms with E-state index in [0.29, 0.717) is 12.1 Å². The summed E-state index contributed by atoms with van der Waals surface area (Å²) in [5.41, 5.74) is 1.22. The second-order valence-electron chi connectivity index (χ2n) is 6.51. The molecule has 0 saturated carbocycles. The zero-order chi connectivity index (χ0) is 17.8. The Kier molecular flexibility index (Phi) is 5.38. The van der Waals surface area contributed by atoms with E-state index in [9.17, 15) is 0 Å². The Morgan fingerprint density at radius 2 is 1.64 bits per heavy atom. The maximum atomic E-state index is 5.43. The maximum absolute atomic E-state index is 5.43. The van der Waals surface area contributed by atoms with E-state index in [0.717, 1.165) is 37.1 Å². The molecule has 1 aromatic carbocycles. The molecule has 134 valence electrons. The highest BCUT2D eigenvalue weighted by Crippen LogP contribution is 2.29. The van der Waals surface area contributed by atoms with Crippen molar-refractivity contribution in [3.63, 3.8) is 0 Å². The summed E-state index contributed by atoms with van der Waals surface area (Å²) in [6.45, 7) is 7.23. The smallest absolute Gasteiger partial charge is 0.225 e. The monoisotopic (exact) mass is 342 g/mol. The molecule has 1 saturated heterocycles. The van der Waals surface area contributed by atoms with Crippen LogP contribution >= 0.6 is 0 Å². The Hall–Kier alpha value is -2.34. The number of ether oxygens (including phenoxy) is 2. The summed E-state index contributed by atoms with van der Waals surface area (Å²) in [6, 6.07) is 8.79. The molecule has 25 heavy (non-hydrogen) atoms. The molecule has 6 nitrogen and oxygen atoms in total. The summed E-state index contributed by atoms with van der Waals surface area (Å²) < 4.78 is 10.8. The second kappa shape index (κ2) is 7.70. The van der Waals surface area contributed by atoms with Gasteiger partial charge in [0.1, 0.15) is 0 Å². The number of aromatic nitrogens is 2. The first-order valence-electron chi connectivity index (χ1n) is 8.61. The Bertz CT molecular complexity index is 683. The van der Waals surface area contributed by atoms with E-state index in [4.69, 9.17) is 9.47 Å². The largest absolute Gasteiger partial charge is 0.493 e. The Morgan fingerprint density at radius 3 is 2.24 bits per heavy atom. The molecule has 1 aliphatic heterocycles. The standard InChI is InChI=1S/C19H26N4O2/c1-14-11-22(19-20-8-5-9-21-19)12-15(2)23(14)13-16-6-7-17(24-3)18(10-16)25-4/h5-10,14-15H,11-13H2,1-4H3/t14-,15+. The van der Waals surface area contributed by atoms with Gasteiger partial charge in [0, 0.05) is 44.1 Å². The van der Waals surface area contributed by atoms with Gasteiger partial charge in [0.15, 0.2) is 11.5 Å². The summed E-state index contributed by atoms with van der Waals surface area (Å²) in [4.78, 5) is 13.6. The van der Waals surface area contributed by atoms with Crippen molar-refractivity contribution in [2.24, 2.45) is 0 Å². The second-order valence-corrected chi connectivity index (χ2v) is 6.51. The molecule has 0 radical (unpaired) electrons. The van der Waals surface area contributed by atoms with E-state index in [1.54, 1.807) is 26.6 Å². The number of piperazine rings is 1. The van der Waals surface area contributed by atoms with E-state index >= 15 is 0 Å². The molecule has 1 aliphatic rings. The Labute approximate surface area is 149 Å². The SMILES string of the molecule is COc1ccc(CN2[C@H](C)CN(c3ncccn3)C[C@@H]2C)cc1OC. The molecule has 1 fully saturated rings. The average Bonchev–Trinajstić information content (AvgIpc) is 2.65. The van der Waals surface area contributed by atoms with Gasteiger partial charge in [-0.05, 0) is 37.6 Å². The van der Waals surface area contributed by atoms with E-state index < -0.39 is 0 Å². The lowest BCUT2D eigenvalue weighted by molar-refractivity contribution is 0.122. The van der Waals surface area contributed by atoms with Gasteiger partial charge in [-0.25, -0.2) is 9.97 Å². The lowest BCUT2D eigenvalue weighted by atomic mass is 10.1. The van der Waals surface area contributed by atoms with Gasteiger partial charge in [0.25, 0.3) is 0 Å². The predicted octanol–water partition coefficient (Wildman–Crippen LogP) is 2.59. The third-order valence-electron chi connectivity index (χ3n) is 4.75. The molecule has 0 N–H and O–H groups in total. The van der Waals surface area contributed by atoms with Crippen molar-refractivity contribution >= 4 is 5.95 Å². The number of rotatable bonds is 5. The van der Waals surface area contributed by atoms with Crippen molar-refractivity contribution in [2.75, 3.05) is 32.2 Å². The minimum atomic E-state index is 0.403. The van der Waals surface area contributed by atoms with E-state index in [1.807, 2.05) is 12.1 Å². The van der Waals surface area contributed by atoms with E-state index in [2.05, 4.69) is 45.7 Å². The van der Waals surface area contributed by atoms with Gasteiger partial charge in [-0.3, -0.25) is 4.90 Å². The van der Waals surface area contributed by atoms with Gasteiger partial charge >= 0.3 is 0 Å². The van der Waals surface area contributed by atoms with Gasteiger partial charge < -0.3 is 14.4 Å². The van der Waals surface area contributed by atoms with Crippen molar-refractivity contribution in [3.8, 4) is 11.5 Å². The molecule has 0 unspecified atom stereocenters. The first-order valence-corrected chi connectivity index (χ1v) is 8.61. The number of anilines is 1. The molecule has 0 spiro atoms. The van der Waals surface area contributed by atoms with Crippen molar-refractivity contribution in [3.05, 3.63) is 42.2 Å². The third-order valence-corrected chi connectivity index (χ3v) is 4.75. The van der Waals surface area contributed by atoms with Crippen LogP contribution in [0.2, 0.25) is 0 Å². The number of hydrogen-bond acceptors (Lipinski definition) is 6. The molecule has 6 heteroatoms. The van der Waals surface area contributed by atoms with E-state index in [-0.39, 0.29) is 0 Å². The van der Waals surface area contributed by atoms with Gasteiger partial charge in [-0.2, -0.15) is 0 Å². The quantitative estimate of drug-likeness (QED) is 0.832. The van der Waals surface area contributed by atoms with Crippen LogP contribution in [0.1, 0.15) is 19.4 Å². The Balaban J connectivity index is 1.72. The van der Waals surface area contributed by atoms with Crippen LogP contribution in [0.15, 0.2) is 36.7 Å². The first-order chi connectivity index (χ1) is 12.1. The number of nitrogens with zero attached hydrogens (tertiary/aromatic N) is 4. The molecule has 0 aliphatic carbocycles. The van der Waals surface area contributed by atoms with Crippen molar-refractivity contribution < 1.29 is 9.47 Å². The lowest BCUT2D eigenvalue weighted by Gasteiger charge is -2.44. The molecule has 2 aromatic rings. The summed E-state index contributed by atoms with van der Waals surface area (Å²) >= 11 is 0. The molecule has 2 heterocycles. The van der Waals surface area contributed by atoms with Crippen LogP contribution in [0, 0.1) is 0 Å². The van der Waals surface area contributed by atoms with Crippen molar-refractivity contribution in [1.82, 2.24) is 14.9 Å². The summed E-state index contributed by atoms with van der Waals surface area (Å²) in [7, 11) is 3.33.